The van der Waals surface area contributed by atoms with Crippen molar-refractivity contribution >= 4 is 17.4 Å². The molecule has 14 heavy (non-hydrogen) atoms. The first-order chi connectivity index (χ1) is 6.68. The summed E-state index contributed by atoms with van der Waals surface area (Å²) in [5.41, 5.74) is 6.53. The van der Waals surface area contributed by atoms with E-state index in [2.05, 4.69) is 15.1 Å². The number of halogens is 1. The van der Waals surface area contributed by atoms with Crippen LogP contribution in [0.15, 0.2) is 18.5 Å². The lowest BCUT2D eigenvalue weighted by Gasteiger charge is -2.02. The van der Waals surface area contributed by atoms with Gasteiger partial charge in [-0.1, -0.05) is 11.6 Å². The van der Waals surface area contributed by atoms with Gasteiger partial charge in [0.1, 0.15) is 5.82 Å². The number of nitrogens with zero attached hydrogens (tertiary/aromatic N) is 4. The Morgan fingerprint density at radius 1 is 1.36 bits per heavy atom. The van der Waals surface area contributed by atoms with Gasteiger partial charge in [-0.3, -0.25) is 0 Å². The molecule has 72 valence electrons. The summed E-state index contributed by atoms with van der Waals surface area (Å²) < 4.78 is 1.46. The van der Waals surface area contributed by atoms with Crippen molar-refractivity contribution in [3.8, 4) is 5.82 Å². The second-order valence-corrected chi connectivity index (χ2v) is 3.15. The maximum absolute atomic E-state index is 5.85. The summed E-state index contributed by atoms with van der Waals surface area (Å²) in [6, 6.07) is 1.74. The highest BCUT2D eigenvalue weighted by Gasteiger charge is 2.09. The molecule has 0 radical (unpaired) electrons. The van der Waals surface area contributed by atoms with Crippen molar-refractivity contribution in [3.05, 3.63) is 29.3 Å². The normalized spacial score (nSPS) is 10.4. The van der Waals surface area contributed by atoms with Crippen LogP contribution in [0, 0.1) is 6.92 Å². The molecular weight excluding hydrogens is 202 g/mol. The summed E-state index contributed by atoms with van der Waals surface area (Å²) in [6.07, 6.45) is 3.05. The molecule has 0 saturated heterocycles. The van der Waals surface area contributed by atoms with Crippen LogP contribution < -0.4 is 5.73 Å². The summed E-state index contributed by atoms with van der Waals surface area (Å²) in [5.74, 6) is 0.935. The Kier molecular flexibility index (Phi) is 2.09. The highest BCUT2D eigenvalue weighted by molar-refractivity contribution is 6.30. The van der Waals surface area contributed by atoms with Gasteiger partial charge in [0.05, 0.1) is 5.69 Å². The lowest BCUT2D eigenvalue weighted by atomic mass is 10.5. The molecule has 0 atom stereocenters. The van der Waals surface area contributed by atoms with Gasteiger partial charge in [0.25, 0.3) is 0 Å². The Morgan fingerprint density at radius 2 is 2.07 bits per heavy atom. The molecule has 5 nitrogen and oxygen atoms in total. The SMILES string of the molecule is Cc1cc(N)n(-c2nccnc2Cl)n1. The van der Waals surface area contributed by atoms with Gasteiger partial charge in [-0.2, -0.15) is 9.78 Å². The van der Waals surface area contributed by atoms with Crippen LogP contribution in [0.25, 0.3) is 5.82 Å². The second kappa shape index (κ2) is 3.26. The van der Waals surface area contributed by atoms with E-state index in [0.29, 0.717) is 11.6 Å². The van der Waals surface area contributed by atoms with Crippen molar-refractivity contribution in [2.45, 2.75) is 6.92 Å². The first-order valence-corrected chi connectivity index (χ1v) is 4.35. The van der Waals surface area contributed by atoms with E-state index in [0.717, 1.165) is 5.69 Å². The summed E-state index contributed by atoms with van der Waals surface area (Å²) in [7, 11) is 0. The smallest absolute Gasteiger partial charge is 0.193 e. The molecule has 0 fully saturated rings. The average molecular weight is 210 g/mol. The molecule has 0 aliphatic rings. The Balaban J connectivity index is 2.60. The van der Waals surface area contributed by atoms with E-state index in [1.54, 1.807) is 6.07 Å². The lowest BCUT2D eigenvalue weighted by molar-refractivity contribution is 0.833. The monoisotopic (exact) mass is 209 g/mol. The van der Waals surface area contributed by atoms with Crippen LogP contribution >= 0.6 is 11.6 Å². The Hall–Kier alpha value is -1.62. The standard InChI is InChI=1S/C8H8ClN5/c1-5-4-6(10)14(13-5)8-7(9)11-2-3-12-8/h2-4H,10H2,1H3. The number of aryl methyl sites for hydroxylation is 1. The quantitative estimate of drug-likeness (QED) is 0.767. The molecule has 0 aliphatic carbocycles. The van der Waals surface area contributed by atoms with E-state index in [4.69, 9.17) is 17.3 Å². The van der Waals surface area contributed by atoms with E-state index in [1.807, 2.05) is 6.92 Å². The minimum absolute atomic E-state index is 0.280. The third-order valence-corrected chi connectivity index (χ3v) is 1.96. The van der Waals surface area contributed by atoms with Crippen molar-refractivity contribution in [2.75, 3.05) is 5.73 Å². The van der Waals surface area contributed by atoms with Crippen molar-refractivity contribution < 1.29 is 0 Å². The van der Waals surface area contributed by atoms with Crippen LogP contribution in [0.2, 0.25) is 5.15 Å². The van der Waals surface area contributed by atoms with Gasteiger partial charge in [-0.15, -0.1) is 0 Å². The number of rotatable bonds is 1. The molecular formula is C8H8ClN5. The van der Waals surface area contributed by atoms with Crippen LogP contribution in [0.4, 0.5) is 5.82 Å². The van der Waals surface area contributed by atoms with E-state index >= 15 is 0 Å². The third kappa shape index (κ3) is 1.42. The third-order valence-electron chi connectivity index (χ3n) is 1.70. The minimum atomic E-state index is 0.280. The number of hydrogen-bond acceptors (Lipinski definition) is 4. The maximum Gasteiger partial charge on any atom is 0.193 e. The van der Waals surface area contributed by atoms with Crippen LogP contribution in [-0.4, -0.2) is 19.7 Å². The van der Waals surface area contributed by atoms with Crippen molar-refractivity contribution in [2.24, 2.45) is 0 Å². The molecule has 0 amide bonds. The predicted octanol–water partition coefficient (Wildman–Crippen LogP) is 1.21. The first-order valence-electron chi connectivity index (χ1n) is 3.97. The van der Waals surface area contributed by atoms with Crippen molar-refractivity contribution in [1.29, 1.82) is 0 Å². The lowest BCUT2D eigenvalue weighted by Crippen LogP contribution is -2.05. The van der Waals surface area contributed by atoms with Crippen molar-refractivity contribution in [3.63, 3.8) is 0 Å². The number of nitrogen functional groups attached to an aromatic ring is 1. The Bertz CT molecular complexity index is 465. The van der Waals surface area contributed by atoms with E-state index in [-0.39, 0.29) is 5.15 Å². The second-order valence-electron chi connectivity index (χ2n) is 2.79. The number of hydrogen-bond donors (Lipinski definition) is 1. The Labute approximate surface area is 85.5 Å². The highest BCUT2D eigenvalue weighted by Crippen LogP contribution is 2.17. The zero-order valence-electron chi connectivity index (χ0n) is 7.48. The molecule has 2 aromatic heterocycles. The highest BCUT2D eigenvalue weighted by atomic mass is 35.5. The number of nitrogens with two attached hydrogens (primary N) is 1. The molecule has 2 heterocycles. The largest absolute Gasteiger partial charge is 0.384 e. The fraction of sp³-hybridized carbons (Fsp3) is 0.125. The van der Waals surface area contributed by atoms with Crippen LogP contribution in [0.5, 0.6) is 0 Å². The summed E-state index contributed by atoms with van der Waals surface area (Å²) in [6.45, 7) is 1.84. The van der Waals surface area contributed by atoms with Gasteiger partial charge < -0.3 is 5.73 Å². The fourth-order valence-corrected chi connectivity index (χ4v) is 1.33. The molecule has 0 unspecified atom stereocenters. The van der Waals surface area contributed by atoms with Crippen molar-refractivity contribution in [1.82, 2.24) is 19.7 Å². The van der Waals surface area contributed by atoms with E-state index < -0.39 is 0 Å². The van der Waals surface area contributed by atoms with Crippen LogP contribution in [-0.2, 0) is 0 Å². The molecule has 2 N–H and O–H groups in total. The van der Waals surface area contributed by atoms with Gasteiger partial charge in [0.2, 0.25) is 0 Å². The molecule has 0 bridgehead atoms. The number of aromatic nitrogens is 4. The minimum Gasteiger partial charge on any atom is -0.384 e. The molecule has 6 heteroatoms. The van der Waals surface area contributed by atoms with Gasteiger partial charge in [0.15, 0.2) is 11.0 Å². The fourth-order valence-electron chi connectivity index (χ4n) is 1.14. The summed E-state index contributed by atoms with van der Waals surface area (Å²) in [5, 5.41) is 4.43. The molecule has 2 rings (SSSR count). The first kappa shape index (κ1) is 8.96. The van der Waals surface area contributed by atoms with Gasteiger partial charge in [-0.25, -0.2) is 9.97 Å². The molecule has 0 spiro atoms. The Morgan fingerprint density at radius 3 is 2.64 bits per heavy atom. The summed E-state index contributed by atoms with van der Waals surface area (Å²) in [4.78, 5) is 7.94. The predicted molar refractivity (Wildman–Crippen MR) is 53.3 cm³/mol. The van der Waals surface area contributed by atoms with Gasteiger partial charge >= 0.3 is 0 Å². The molecule has 0 aliphatic heterocycles. The maximum atomic E-state index is 5.85. The molecule has 2 aromatic rings. The van der Waals surface area contributed by atoms with Gasteiger partial charge in [-0.05, 0) is 6.92 Å². The average Bonchev–Trinajstić information content (AvgIpc) is 2.46. The molecule has 0 aromatic carbocycles. The van der Waals surface area contributed by atoms with Gasteiger partial charge in [0, 0.05) is 18.5 Å². The molecule has 0 saturated carbocycles. The van der Waals surface area contributed by atoms with Crippen LogP contribution in [0.3, 0.4) is 0 Å². The summed E-state index contributed by atoms with van der Waals surface area (Å²) >= 11 is 5.85. The van der Waals surface area contributed by atoms with Crippen LogP contribution in [0.1, 0.15) is 5.69 Å². The number of anilines is 1. The van der Waals surface area contributed by atoms with E-state index in [9.17, 15) is 0 Å². The zero-order chi connectivity index (χ0) is 10.1. The van der Waals surface area contributed by atoms with E-state index in [1.165, 1.54) is 17.1 Å². The topological polar surface area (TPSA) is 69.6 Å². The zero-order valence-corrected chi connectivity index (χ0v) is 8.23.